The molecule has 0 aromatic heterocycles. The number of nitrogens with two attached hydrogens (primary N) is 1. The van der Waals surface area contributed by atoms with Crippen molar-refractivity contribution >= 4 is 5.97 Å². The van der Waals surface area contributed by atoms with Gasteiger partial charge in [-0.2, -0.15) is 0 Å². The molecule has 0 aliphatic heterocycles. The summed E-state index contributed by atoms with van der Waals surface area (Å²) in [6.45, 7) is 3.50. The number of carboxylic acid groups (broad SMARTS) is 1. The first-order valence-corrected chi connectivity index (χ1v) is 3.11. The van der Waals surface area contributed by atoms with Gasteiger partial charge >= 0.3 is 5.97 Å². The Bertz CT molecular complexity index is 140. The van der Waals surface area contributed by atoms with E-state index in [1.165, 1.54) is 0 Å². The Morgan fingerprint density at radius 3 is 2.30 bits per heavy atom. The van der Waals surface area contributed by atoms with E-state index < -0.39 is 18.1 Å². The van der Waals surface area contributed by atoms with Gasteiger partial charge in [-0.15, -0.1) is 0 Å². The fourth-order valence-electron chi connectivity index (χ4n) is 0.555. The van der Waals surface area contributed by atoms with E-state index in [0.29, 0.717) is 0 Å². The van der Waals surface area contributed by atoms with Crippen molar-refractivity contribution in [2.75, 3.05) is 0 Å². The third-order valence-corrected chi connectivity index (χ3v) is 1.30. The van der Waals surface area contributed by atoms with Crippen molar-refractivity contribution in [3.63, 3.8) is 0 Å². The minimum Gasteiger partial charge on any atom is -0.480 e. The second kappa shape index (κ2) is 3.53. The molecule has 0 radical (unpaired) electrons. The molecule has 4 heteroatoms. The van der Waals surface area contributed by atoms with E-state index in [4.69, 9.17) is 12.3 Å². The van der Waals surface area contributed by atoms with E-state index in [9.17, 15) is 4.79 Å². The van der Waals surface area contributed by atoms with Crippen molar-refractivity contribution in [1.82, 2.24) is 0 Å². The minimum atomic E-state index is -1.14. The lowest BCUT2D eigenvalue weighted by Crippen LogP contribution is -2.44. The van der Waals surface area contributed by atoms with Crippen LogP contribution in [0, 0.1) is 5.92 Å². The summed E-state index contributed by atoms with van der Waals surface area (Å²) in [5, 5.41) is 12.6. The zero-order valence-corrected chi connectivity index (χ0v) is 6.07. The van der Waals surface area contributed by atoms with Crippen LogP contribution in [0.5, 0.6) is 0 Å². The van der Waals surface area contributed by atoms with E-state index in [0.717, 1.165) is 0 Å². The van der Waals surface area contributed by atoms with Gasteiger partial charge in [0.2, 0.25) is 1.43 Å². The van der Waals surface area contributed by atoms with Crippen LogP contribution in [0.4, 0.5) is 0 Å². The molecule has 0 aliphatic carbocycles. The standard InChI is InChI=1S/C6H13NO3/c1-3(2)5(8)4(7)6(9)10/h3-5,8H,7H2,1-2H3,(H,9,10)/t4-,5?/m0/s1/i8D. The fourth-order valence-corrected chi connectivity index (χ4v) is 0.555. The Morgan fingerprint density at radius 2 is 2.20 bits per heavy atom. The van der Waals surface area contributed by atoms with E-state index in [2.05, 4.69) is 5.11 Å². The summed E-state index contributed by atoms with van der Waals surface area (Å²) in [6.07, 6.45) is -0.743. The largest absolute Gasteiger partial charge is 0.480 e. The maximum atomic E-state index is 10.3. The quantitative estimate of drug-likeness (QED) is 0.498. The second-order valence-corrected chi connectivity index (χ2v) is 2.57. The lowest BCUT2D eigenvalue weighted by atomic mass is 10.0. The summed E-state index contributed by atoms with van der Waals surface area (Å²) in [6, 6.07) is -1.12. The average Bonchev–Trinajstić information content (AvgIpc) is 1.88. The number of hydrogen-bond acceptors (Lipinski definition) is 3. The molecule has 0 amide bonds. The number of rotatable bonds is 4. The van der Waals surface area contributed by atoms with Gasteiger partial charge in [-0.1, -0.05) is 13.8 Å². The van der Waals surface area contributed by atoms with Crippen LogP contribution in [0.2, 0.25) is 0 Å². The molecule has 2 atom stereocenters. The van der Waals surface area contributed by atoms with Crippen molar-refractivity contribution in [1.29, 1.82) is 1.43 Å². The van der Waals surface area contributed by atoms with Crippen molar-refractivity contribution in [2.24, 2.45) is 11.7 Å². The second-order valence-electron chi connectivity index (χ2n) is 2.57. The van der Waals surface area contributed by atoms with E-state index in [1.807, 2.05) is 0 Å². The van der Waals surface area contributed by atoms with E-state index >= 15 is 0 Å². The monoisotopic (exact) mass is 148 g/mol. The van der Waals surface area contributed by atoms with Crippen LogP contribution in [-0.4, -0.2) is 29.8 Å². The molecule has 0 heterocycles. The molecule has 0 saturated carbocycles. The van der Waals surface area contributed by atoms with Gasteiger partial charge < -0.3 is 15.9 Å². The van der Waals surface area contributed by atoms with Gasteiger partial charge in [-0.3, -0.25) is 4.79 Å². The zero-order chi connectivity index (χ0) is 9.02. The first-order valence-electron chi connectivity index (χ1n) is 3.52. The first kappa shape index (κ1) is 7.50. The Morgan fingerprint density at radius 1 is 1.70 bits per heavy atom. The molecule has 0 aromatic rings. The summed E-state index contributed by atoms with van der Waals surface area (Å²) in [4.78, 5) is 10.3. The van der Waals surface area contributed by atoms with Crippen LogP contribution in [0.1, 0.15) is 13.8 Å². The van der Waals surface area contributed by atoms with Gasteiger partial charge in [0.15, 0.2) is 0 Å². The predicted molar refractivity (Wildman–Crippen MR) is 36.5 cm³/mol. The molecule has 0 rings (SSSR count). The Kier molecular flexibility index (Phi) is 2.65. The summed E-state index contributed by atoms with van der Waals surface area (Å²) in [5.74, 6) is -1.21. The van der Waals surface area contributed by atoms with Crippen LogP contribution < -0.4 is 5.73 Å². The van der Waals surface area contributed by atoms with Crippen molar-refractivity contribution in [2.45, 2.75) is 26.0 Å². The smallest absolute Gasteiger partial charge is 0.323 e. The Labute approximate surface area is 61.1 Å². The summed E-state index contributed by atoms with van der Waals surface area (Å²) >= 11 is 0. The summed E-state index contributed by atoms with van der Waals surface area (Å²) in [7, 11) is 0. The molecular formula is C6H13NO3. The molecule has 4 N–H and O–H groups in total. The minimum absolute atomic E-state index is 0.0707. The summed E-state index contributed by atoms with van der Waals surface area (Å²) in [5.41, 5.74) is 5.23. The van der Waals surface area contributed by atoms with Crippen LogP contribution >= 0.6 is 0 Å². The van der Waals surface area contributed by atoms with Gasteiger partial charge in [0.05, 0.1) is 6.10 Å². The summed E-state index contributed by atoms with van der Waals surface area (Å²) < 4.78 is 6.57. The predicted octanol–water partition coefficient (Wildman–Crippen LogP) is -0.585. The van der Waals surface area contributed by atoms with Gasteiger partial charge in [0.25, 0.3) is 0 Å². The third kappa shape index (κ3) is 2.33. The SMILES string of the molecule is [2H]OC(C(C)C)[C@H](N)C(=O)O. The van der Waals surface area contributed by atoms with Gasteiger partial charge in [-0.05, 0) is 5.92 Å². The highest BCUT2D eigenvalue weighted by Gasteiger charge is 2.24. The van der Waals surface area contributed by atoms with E-state index in [-0.39, 0.29) is 5.92 Å². The number of aliphatic hydroxyl groups is 1. The van der Waals surface area contributed by atoms with Crippen LogP contribution in [0.3, 0.4) is 0 Å². The van der Waals surface area contributed by atoms with Crippen molar-refractivity contribution < 1.29 is 15.0 Å². The van der Waals surface area contributed by atoms with Crippen LogP contribution in [0.15, 0.2) is 0 Å². The normalized spacial score (nSPS) is 18.2. The molecule has 60 valence electrons. The highest BCUT2D eigenvalue weighted by Crippen LogP contribution is 2.03. The van der Waals surface area contributed by atoms with E-state index in [1.54, 1.807) is 13.8 Å². The van der Waals surface area contributed by atoms with Crippen LogP contribution in [0.25, 0.3) is 0 Å². The van der Waals surface area contributed by atoms with Gasteiger partial charge in [0.1, 0.15) is 6.04 Å². The maximum Gasteiger partial charge on any atom is 0.323 e. The molecule has 10 heavy (non-hydrogen) atoms. The number of carboxylic acids is 1. The van der Waals surface area contributed by atoms with Crippen molar-refractivity contribution in [3.8, 4) is 0 Å². The number of aliphatic carboxylic acids is 1. The first-order chi connectivity index (χ1) is 5.00. The van der Waals surface area contributed by atoms with Crippen LogP contribution in [-0.2, 0) is 4.79 Å². The molecule has 0 aliphatic rings. The molecule has 4 nitrogen and oxygen atoms in total. The average molecular weight is 148 g/mol. The lowest BCUT2D eigenvalue weighted by molar-refractivity contribution is -0.141. The molecule has 0 spiro atoms. The topological polar surface area (TPSA) is 83.5 Å². The molecule has 0 aromatic carbocycles. The third-order valence-electron chi connectivity index (χ3n) is 1.30. The number of aliphatic hydroxyl groups excluding tert-OH is 1. The zero-order valence-electron chi connectivity index (χ0n) is 7.07. The maximum absolute atomic E-state index is 10.3. The number of hydrogen-bond donors (Lipinski definition) is 3. The van der Waals surface area contributed by atoms with Gasteiger partial charge in [0, 0.05) is 0 Å². The Hall–Kier alpha value is -0.610. The lowest BCUT2D eigenvalue weighted by Gasteiger charge is -2.17. The van der Waals surface area contributed by atoms with Crippen molar-refractivity contribution in [3.05, 3.63) is 0 Å². The fraction of sp³-hybridized carbons (Fsp3) is 0.833. The molecule has 1 unspecified atom stereocenters. The Balaban J connectivity index is 4.13. The molecular weight excluding hydrogens is 134 g/mol. The van der Waals surface area contributed by atoms with Gasteiger partial charge in [-0.25, -0.2) is 0 Å². The highest BCUT2D eigenvalue weighted by atomic mass is 16.4. The molecule has 0 saturated heterocycles. The molecule has 0 fully saturated rings. The molecule has 0 bridgehead atoms. The highest BCUT2D eigenvalue weighted by molar-refractivity contribution is 5.73. The number of carbonyl (C=O) groups is 1.